The number of halogens is 4. The van der Waals surface area contributed by atoms with E-state index in [2.05, 4.69) is 5.32 Å². The van der Waals surface area contributed by atoms with Crippen molar-refractivity contribution >= 4 is 18.3 Å². The van der Waals surface area contributed by atoms with E-state index in [1.807, 2.05) is 0 Å². The predicted molar refractivity (Wildman–Crippen MR) is 69.1 cm³/mol. The highest BCUT2D eigenvalue weighted by Gasteiger charge is 2.42. The number of amides is 1. The molecule has 0 aliphatic rings. The summed E-state index contributed by atoms with van der Waals surface area (Å²) < 4.78 is 40.3. The van der Waals surface area contributed by atoms with Crippen LogP contribution in [-0.4, -0.2) is 38.0 Å². The van der Waals surface area contributed by atoms with Crippen molar-refractivity contribution < 1.29 is 18.0 Å². The maximum atomic E-state index is 13.8. The Hall–Kier alpha value is -1.27. The average Bonchev–Trinajstić information content (AvgIpc) is 2.35. The second-order valence-corrected chi connectivity index (χ2v) is 3.91. The highest BCUT2D eigenvalue weighted by molar-refractivity contribution is 5.85. The summed E-state index contributed by atoms with van der Waals surface area (Å²) in [6, 6.07) is 3.65. The fraction of sp³-hybridized carbons (Fsp3) is 0.417. The Balaban J connectivity index is 0.00000324. The molecule has 0 saturated heterocycles. The second kappa shape index (κ2) is 7.35. The van der Waals surface area contributed by atoms with E-state index in [9.17, 15) is 18.0 Å². The van der Waals surface area contributed by atoms with Gasteiger partial charge < -0.3 is 10.2 Å². The molecule has 1 N–H and O–H groups in total. The van der Waals surface area contributed by atoms with Gasteiger partial charge in [-0.2, -0.15) is 8.78 Å². The van der Waals surface area contributed by atoms with Gasteiger partial charge in [0.2, 0.25) is 0 Å². The van der Waals surface area contributed by atoms with Gasteiger partial charge in [0, 0.05) is 25.7 Å². The number of carbonyl (C=O) groups is 1. The molecule has 3 nitrogen and oxygen atoms in total. The van der Waals surface area contributed by atoms with Gasteiger partial charge in [-0.15, -0.1) is 12.4 Å². The lowest BCUT2D eigenvalue weighted by molar-refractivity contribution is -0.157. The van der Waals surface area contributed by atoms with E-state index in [0.717, 1.165) is 29.2 Å². The Kier molecular flexibility index (Phi) is 6.86. The molecule has 1 aromatic rings. The van der Waals surface area contributed by atoms with Crippen molar-refractivity contribution in [2.75, 3.05) is 27.2 Å². The second-order valence-electron chi connectivity index (χ2n) is 3.91. The average molecular weight is 297 g/mol. The van der Waals surface area contributed by atoms with Gasteiger partial charge in [0.1, 0.15) is 5.82 Å². The lowest BCUT2D eigenvalue weighted by Gasteiger charge is -2.23. The Bertz CT molecular complexity index is 412. The first-order valence-corrected chi connectivity index (χ1v) is 5.43. The molecule has 7 heteroatoms. The van der Waals surface area contributed by atoms with Crippen LogP contribution in [0.5, 0.6) is 0 Å². The van der Waals surface area contributed by atoms with E-state index in [4.69, 9.17) is 0 Å². The summed E-state index contributed by atoms with van der Waals surface area (Å²) in [4.78, 5) is 12.6. The van der Waals surface area contributed by atoms with Crippen LogP contribution < -0.4 is 5.32 Å². The molecular formula is C12H16ClF3N2O. The first-order chi connectivity index (χ1) is 8.39. The minimum atomic E-state index is -3.64. The molecule has 1 amide bonds. The van der Waals surface area contributed by atoms with Crippen molar-refractivity contribution in [1.29, 1.82) is 0 Å². The van der Waals surface area contributed by atoms with Gasteiger partial charge in [-0.05, 0) is 31.3 Å². The number of nitrogens with zero attached hydrogens (tertiary/aromatic N) is 1. The summed E-state index contributed by atoms with van der Waals surface area (Å²) in [6.07, 6.45) is 0. The van der Waals surface area contributed by atoms with Gasteiger partial charge >= 0.3 is 5.92 Å². The van der Waals surface area contributed by atoms with Gasteiger partial charge in [-0.1, -0.05) is 0 Å². The molecule has 0 aromatic heterocycles. The largest absolute Gasteiger partial charge is 0.349 e. The highest BCUT2D eigenvalue weighted by Crippen LogP contribution is 2.29. The topological polar surface area (TPSA) is 32.3 Å². The predicted octanol–water partition coefficient (Wildman–Crippen LogP) is 2.02. The van der Waals surface area contributed by atoms with Crippen LogP contribution >= 0.6 is 12.4 Å². The minimum Gasteiger partial charge on any atom is -0.339 e. The number of benzene rings is 1. The molecule has 0 radical (unpaired) electrons. The van der Waals surface area contributed by atoms with Crippen molar-refractivity contribution in [1.82, 2.24) is 10.2 Å². The van der Waals surface area contributed by atoms with E-state index < -0.39 is 23.2 Å². The zero-order valence-corrected chi connectivity index (χ0v) is 11.4. The number of hydrogen-bond acceptors (Lipinski definition) is 2. The maximum absolute atomic E-state index is 13.8. The molecule has 19 heavy (non-hydrogen) atoms. The molecule has 1 rings (SSSR count). The van der Waals surface area contributed by atoms with Crippen LogP contribution in [0.4, 0.5) is 13.2 Å². The number of hydrogen-bond donors (Lipinski definition) is 1. The standard InChI is InChI=1S/C12H15F3N2O.ClH/c1-16-7-8-17(2)11(18)12(14,15)9-3-5-10(13)6-4-9;/h3-6,16H,7-8H2,1-2H3;1H. The quantitative estimate of drug-likeness (QED) is 0.901. The third kappa shape index (κ3) is 4.40. The summed E-state index contributed by atoms with van der Waals surface area (Å²) in [7, 11) is 2.97. The van der Waals surface area contributed by atoms with E-state index in [-0.39, 0.29) is 19.0 Å². The zero-order chi connectivity index (χ0) is 13.8. The molecular weight excluding hydrogens is 281 g/mol. The van der Waals surface area contributed by atoms with E-state index in [0.29, 0.717) is 6.54 Å². The number of nitrogens with one attached hydrogen (secondary N) is 1. The molecule has 0 fully saturated rings. The molecule has 0 heterocycles. The molecule has 1 aromatic carbocycles. The molecule has 0 saturated carbocycles. The fourth-order valence-corrected chi connectivity index (χ4v) is 1.40. The van der Waals surface area contributed by atoms with E-state index in [1.54, 1.807) is 7.05 Å². The summed E-state index contributed by atoms with van der Waals surface area (Å²) in [5.74, 6) is -5.56. The summed E-state index contributed by atoms with van der Waals surface area (Å²) in [6.45, 7) is 0.591. The Morgan fingerprint density at radius 3 is 2.32 bits per heavy atom. The third-order valence-corrected chi connectivity index (χ3v) is 2.52. The van der Waals surface area contributed by atoms with Crippen LogP contribution in [-0.2, 0) is 10.7 Å². The normalized spacial score (nSPS) is 10.8. The van der Waals surface area contributed by atoms with Crippen LogP contribution in [0.1, 0.15) is 5.56 Å². The Labute approximate surface area is 116 Å². The highest BCUT2D eigenvalue weighted by atomic mass is 35.5. The summed E-state index contributed by atoms with van der Waals surface area (Å²) >= 11 is 0. The van der Waals surface area contributed by atoms with Crippen LogP contribution in [0.15, 0.2) is 24.3 Å². The molecule has 0 unspecified atom stereocenters. The lowest BCUT2D eigenvalue weighted by atomic mass is 10.1. The minimum absolute atomic E-state index is 0. The summed E-state index contributed by atoms with van der Waals surface area (Å²) in [5.41, 5.74) is -0.509. The molecule has 0 spiro atoms. The van der Waals surface area contributed by atoms with E-state index >= 15 is 0 Å². The Morgan fingerprint density at radius 2 is 1.84 bits per heavy atom. The monoisotopic (exact) mass is 296 g/mol. The van der Waals surface area contributed by atoms with Crippen molar-refractivity contribution in [2.24, 2.45) is 0 Å². The molecule has 0 bridgehead atoms. The first kappa shape index (κ1) is 17.7. The van der Waals surface area contributed by atoms with Gasteiger partial charge in [-0.25, -0.2) is 4.39 Å². The maximum Gasteiger partial charge on any atom is 0.349 e. The van der Waals surface area contributed by atoms with E-state index in [1.165, 1.54) is 7.05 Å². The van der Waals surface area contributed by atoms with Crippen LogP contribution in [0.3, 0.4) is 0 Å². The van der Waals surface area contributed by atoms with Gasteiger partial charge in [-0.3, -0.25) is 4.79 Å². The number of likely N-dealkylation sites (N-methyl/N-ethyl adjacent to an activating group) is 2. The molecule has 108 valence electrons. The molecule has 0 aliphatic carbocycles. The van der Waals surface area contributed by atoms with Crippen molar-refractivity contribution in [3.63, 3.8) is 0 Å². The SMILES string of the molecule is CNCCN(C)C(=O)C(F)(F)c1ccc(F)cc1.Cl. The first-order valence-electron chi connectivity index (χ1n) is 5.43. The fourth-order valence-electron chi connectivity index (χ4n) is 1.40. The van der Waals surface area contributed by atoms with Crippen molar-refractivity contribution in [3.8, 4) is 0 Å². The van der Waals surface area contributed by atoms with Crippen molar-refractivity contribution in [3.05, 3.63) is 35.6 Å². The zero-order valence-electron chi connectivity index (χ0n) is 10.6. The molecule has 0 atom stereocenters. The van der Waals surface area contributed by atoms with Gasteiger partial charge in [0.15, 0.2) is 0 Å². The smallest absolute Gasteiger partial charge is 0.339 e. The number of alkyl halides is 2. The van der Waals surface area contributed by atoms with Crippen LogP contribution in [0, 0.1) is 5.82 Å². The van der Waals surface area contributed by atoms with Crippen LogP contribution in [0.2, 0.25) is 0 Å². The summed E-state index contributed by atoms with van der Waals surface area (Å²) in [5, 5.41) is 2.76. The molecule has 0 aliphatic heterocycles. The number of rotatable bonds is 5. The lowest BCUT2D eigenvalue weighted by Crippen LogP contribution is -2.42. The van der Waals surface area contributed by atoms with Crippen LogP contribution in [0.25, 0.3) is 0 Å². The van der Waals surface area contributed by atoms with Gasteiger partial charge in [0.25, 0.3) is 5.91 Å². The Morgan fingerprint density at radius 1 is 1.32 bits per heavy atom. The van der Waals surface area contributed by atoms with Crippen molar-refractivity contribution in [2.45, 2.75) is 5.92 Å². The van der Waals surface area contributed by atoms with Gasteiger partial charge in [0.05, 0.1) is 0 Å². The number of carbonyl (C=O) groups excluding carboxylic acids is 1. The third-order valence-electron chi connectivity index (χ3n) is 2.52.